The first-order valence-electron chi connectivity index (χ1n) is 14.5. The zero-order valence-electron chi connectivity index (χ0n) is 22.6. The van der Waals surface area contributed by atoms with E-state index in [1.807, 2.05) is 18.3 Å². The highest BCUT2D eigenvalue weighted by Gasteiger charge is 2.07. The summed E-state index contributed by atoms with van der Waals surface area (Å²) in [5.74, 6) is 0.929. The van der Waals surface area contributed by atoms with Crippen LogP contribution in [0.3, 0.4) is 0 Å². The lowest BCUT2D eigenvalue weighted by atomic mass is 10.0. The van der Waals surface area contributed by atoms with Gasteiger partial charge in [0.05, 0.1) is 12.3 Å². The number of nitrogens with zero attached hydrogens (tertiary/aromatic N) is 1. The average Bonchev–Trinajstić information content (AvgIpc) is 2.88. The molecule has 1 aromatic carbocycles. The van der Waals surface area contributed by atoms with Gasteiger partial charge >= 0.3 is 0 Å². The number of alkyl halides is 1. The molecular formula is C32H50FNO. The number of hydrogen-bond donors (Lipinski definition) is 0. The molecule has 3 heteroatoms. The van der Waals surface area contributed by atoms with Crippen LogP contribution in [-0.2, 0) is 6.42 Å². The fourth-order valence-corrected chi connectivity index (χ4v) is 4.53. The molecule has 0 aliphatic heterocycles. The molecule has 0 amide bonds. The highest BCUT2D eigenvalue weighted by Crippen LogP contribution is 2.22. The Hall–Kier alpha value is -1.90. The molecule has 1 aromatic heterocycles. The van der Waals surface area contributed by atoms with Crippen LogP contribution in [-0.4, -0.2) is 17.8 Å². The van der Waals surface area contributed by atoms with E-state index in [1.54, 1.807) is 0 Å². The molecular weight excluding hydrogens is 433 g/mol. The van der Waals surface area contributed by atoms with Crippen LogP contribution in [0.25, 0.3) is 11.3 Å². The van der Waals surface area contributed by atoms with E-state index in [4.69, 9.17) is 4.74 Å². The quantitative estimate of drug-likeness (QED) is 0.165. The van der Waals surface area contributed by atoms with Crippen molar-refractivity contribution in [2.75, 3.05) is 6.61 Å². The summed E-state index contributed by atoms with van der Waals surface area (Å²) in [7, 11) is 0. The number of pyridine rings is 1. The maximum atomic E-state index is 14.1. The van der Waals surface area contributed by atoms with E-state index in [0.29, 0.717) is 6.42 Å². The van der Waals surface area contributed by atoms with E-state index >= 15 is 0 Å². The van der Waals surface area contributed by atoms with Crippen LogP contribution in [0, 0.1) is 0 Å². The lowest BCUT2D eigenvalue weighted by molar-refractivity contribution is 0.282. The van der Waals surface area contributed by atoms with E-state index < -0.39 is 6.17 Å². The Labute approximate surface area is 215 Å². The number of ether oxygens (including phenoxy) is 1. The molecule has 0 aliphatic carbocycles. The van der Waals surface area contributed by atoms with Crippen molar-refractivity contribution in [1.82, 2.24) is 4.98 Å². The number of benzene rings is 1. The van der Waals surface area contributed by atoms with Crippen molar-refractivity contribution in [3.63, 3.8) is 0 Å². The summed E-state index contributed by atoms with van der Waals surface area (Å²) in [6, 6.07) is 12.5. The zero-order chi connectivity index (χ0) is 25.0. The SMILES string of the molecule is CCCCCCCCCOc1ccc(-c2ccc(CCCC(F)CCCCCCCC)cn2)cc1. The number of halogens is 1. The number of rotatable bonds is 21. The van der Waals surface area contributed by atoms with Gasteiger partial charge in [0.2, 0.25) is 0 Å². The van der Waals surface area contributed by atoms with Gasteiger partial charge in [0.15, 0.2) is 0 Å². The second-order valence-corrected chi connectivity index (χ2v) is 10.1. The second kappa shape index (κ2) is 19.3. The van der Waals surface area contributed by atoms with E-state index in [2.05, 4.69) is 43.1 Å². The molecule has 0 radical (unpaired) electrons. The average molecular weight is 484 g/mol. The molecule has 0 N–H and O–H groups in total. The Morgan fingerprint density at radius 1 is 0.686 bits per heavy atom. The largest absolute Gasteiger partial charge is 0.494 e. The fourth-order valence-electron chi connectivity index (χ4n) is 4.53. The molecule has 2 aromatic rings. The number of hydrogen-bond acceptors (Lipinski definition) is 2. The molecule has 2 nitrogen and oxygen atoms in total. The monoisotopic (exact) mass is 483 g/mol. The molecule has 0 saturated carbocycles. The third-order valence-corrected chi connectivity index (χ3v) is 6.85. The predicted octanol–water partition coefficient (Wildman–Crippen LogP) is 10.3. The Balaban J connectivity index is 1.60. The molecule has 1 unspecified atom stereocenters. The van der Waals surface area contributed by atoms with Crippen molar-refractivity contribution >= 4 is 0 Å². The minimum Gasteiger partial charge on any atom is -0.494 e. The number of aryl methyl sites for hydroxylation is 1. The molecule has 2 rings (SSSR count). The first-order valence-corrected chi connectivity index (χ1v) is 14.5. The Kier molecular flexibility index (Phi) is 16.2. The lowest BCUT2D eigenvalue weighted by Gasteiger charge is -2.09. The third kappa shape index (κ3) is 13.7. The molecule has 0 fully saturated rings. The summed E-state index contributed by atoms with van der Waals surface area (Å²) in [6.45, 7) is 5.28. The molecule has 35 heavy (non-hydrogen) atoms. The highest BCUT2D eigenvalue weighted by atomic mass is 19.1. The van der Waals surface area contributed by atoms with Crippen LogP contribution in [0.15, 0.2) is 42.6 Å². The predicted molar refractivity (Wildman–Crippen MR) is 149 cm³/mol. The standard InChI is InChI=1S/C32H50FNO/c1-3-5-7-9-11-13-15-26-35-31-23-21-29(22-24-31)32-25-20-28(27-34-32)17-16-19-30(33)18-14-12-10-8-6-4-2/h20-25,27,30H,3-19,26H2,1-2H3. The van der Waals surface area contributed by atoms with Crippen LogP contribution in [0.1, 0.15) is 122 Å². The van der Waals surface area contributed by atoms with Crippen molar-refractivity contribution in [2.24, 2.45) is 0 Å². The van der Waals surface area contributed by atoms with E-state index in [1.165, 1.54) is 76.2 Å². The molecule has 0 bridgehead atoms. The van der Waals surface area contributed by atoms with Crippen molar-refractivity contribution in [1.29, 1.82) is 0 Å². The lowest BCUT2D eigenvalue weighted by Crippen LogP contribution is -2.01. The van der Waals surface area contributed by atoms with Gasteiger partial charge < -0.3 is 4.74 Å². The van der Waals surface area contributed by atoms with Gasteiger partial charge in [-0.3, -0.25) is 4.98 Å². The van der Waals surface area contributed by atoms with Crippen molar-refractivity contribution in [3.8, 4) is 17.0 Å². The van der Waals surface area contributed by atoms with Gasteiger partial charge in [-0.25, -0.2) is 4.39 Å². The maximum Gasteiger partial charge on any atom is 0.119 e. The maximum absolute atomic E-state index is 14.1. The van der Waals surface area contributed by atoms with Gasteiger partial charge in [-0.1, -0.05) is 97.0 Å². The smallest absolute Gasteiger partial charge is 0.119 e. The highest BCUT2D eigenvalue weighted by molar-refractivity contribution is 5.60. The Bertz CT molecular complexity index is 743. The van der Waals surface area contributed by atoms with Gasteiger partial charge in [-0.05, 0) is 68.0 Å². The third-order valence-electron chi connectivity index (χ3n) is 6.85. The Morgan fingerprint density at radius 3 is 1.91 bits per heavy atom. The van der Waals surface area contributed by atoms with Gasteiger partial charge in [-0.2, -0.15) is 0 Å². The minimum atomic E-state index is -0.653. The fraction of sp³-hybridized carbons (Fsp3) is 0.656. The van der Waals surface area contributed by atoms with Crippen LogP contribution in [0.5, 0.6) is 5.75 Å². The van der Waals surface area contributed by atoms with E-state index in [-0.39, 0.29) is 0 Å². The summed E-state index contributed by atoms with van der Waals surface area (Å²) in [5, 5.41) is 0. The number of aromatic nitrogens is 1. The molecule has 0 spiro atoms. The minimum absolute atomic E-state index is 0.653. The number of unbranched alkanes of at least 4 members (excludes halogenated alkanes) is 11. The molecule has 196 valence electrons. The molecule has 0 saturated heterocycles. The van der Waals surface area contributed by atoms with Crippen LogP contribution in [0.4, 0.5) is 4.39 Å². The van der Waals surface area contributed by atoms with Crippen LogP contribution < -0.4 is 4.74 Å². The Morgan fingerprint density at radius 2 is 1.29 bits per heavy atom. The first kappa shape index (κ1) is 29.3. The zero-order valence-corrected chi connectivity index (χ0v) is 22.6. The topological polar surface area (TPSA) is 22.1 Å². The molecule has 1 heterocycles. The van der Waals surface area contributed by atoms with Crippen molar-refractivity contribution in [3.05, 3.63) is 48.2 Å². The first-order chi connectivity index (χ1) is 17.2. The van der Waals surface area contributed by atoms with Gasteiger partial charge in [0.1, 0.15) is 11.9 Å². The summed E-state index contributed by atoms with van der Waals surface area (Å²) in [6.07, 6.45) is 20.9. The normalized spacial score (nSPS) is 12.1. The van der Waals surface area contributed by atoms with E-state index in [0.717, 1.165) is 55.7 Å². The molecule has 0 aliphatic rings. The second-order valence-electron chi connectivity index (χ2n) is 10.1. The van der Waals surface area contributed by atoms with Crippen LogP contribution >= 0.6 is 0 Å². The summed E-state index contributed by atoms with van der Waals surface area (Å²) in [5.41, 5.74) is 3.26. The summed E-state index contributed by atoms with van der Waals surface area (Å²) >= 11 is 0. The van der Waals surface area contributed by atoms with E-state index in [9.17, 15) is 4.39 Å². The van der Waals surface area contributed by atoms with Gasteiger partial charge in [0, 0.05) is 11.8 Å². The molecule has 1 atom stereocenters. The van der Waals surface area contributed by atoms with Gasteiger partial charge in [0.25, 0.3) is 0 Å². The van der Waals surface area contributed by atoms with Crippen LogP contribution in [0.2, 0.25) is 0 Å². The summed E-state index contributed by atoms with van der Waals surface area (Å²) in [4.78, 5) is 4.64. The van der Waals surface area contributed by atoms with Crippen molar-refractivity contribution in [2.45, 2.75) is 129 Å². The van der Waals surface area contributed by atoms with Gasteiger partial charge in [-0.15, -0.1) is 0 Å². The summed E-state index contributed by atoms with van der Waals surface area (Å²) < 4.78 is 20.0. The van der Waals surface area contributed by atoms with Crippen molar-refractivity contribution < 1.29 is 9.13 Å².